The van der Waals surface area contributed by atoms with Gasteiger partial charge in [0.05, 0.1) is 5.56 Å². The lowest BCUT2D eigenvalue weighted by atomic mass is 10.2. The van der Waals surface area contributed by atoms with Gasteiger partial charge in [-0.25, -0.2) is 0 Å². The average molecular weight is 316 g/mol. The van der Waals surface area contributed by atoms with E-state index in [1.165, 1.54) is 0 Å². The number of para-hydroxylation sites is 1. The van der Waals surface area contributed by atoms with Crippen LogP contribution in [0.5, 0.6) is 5.75 Å². The van der Waals surface area contributed by atoms with Gasteiger partial charge >= 0.3 is 0 Å². The summed E-state index contributed by atoms with van der Waals surface area (Å²) in [5.74, 6) is -0.460. The summed E-state index contributed by atoms with van der Waals surface area (Å²) < 4.78 is 5.21. The Morgan fingerprint density at radius 1 is 1.19 bits per heavy atom. The predicted octanol–water partition coefficient (Wildman–Crippen LogP) is 0.702. The van der Waals surface area contributed by atoms with Gasteiger partial charge in [-0.3, -0.25) is 9.59 Å². The molecule has 0 saturated carbocycles. The second kappa shape index (κ2) is 10.9. The molecular formula is C14H22ClN3O3. The van der Waals surface area contributed by atoms with Gasteiger partial charge in [-0.05, 0) is 25.1 Å². The fraction of sp³-hybridized carbons (Fsp3) is 0.429. The molecule has 0 aliphatic carbocycles. The highest BCUT2D eigenvalue weighted by Gasteiger charge is 2.11. The first-order chi connectivity index (χ1) is 9.65. The first kappa shape index (κ1) is 19.2. The SMILES string of the molecule is CCCNCCNC(=O)c1ccccc1OCC(N)=O.Cl. The Bertz CT molecular complexity index is 455. The van der Waals surface area contributed by atoms with Crippen molar-refractivity contribution in [1.29, 1.82) is 0 Å². The normalized spacial score (nSPS) is 9.57. The van der Waals surface area contributed by atoms with Crippen molar-refractivity contribution in [3.8, 4) is 5.75 Å². The Hall–Kier alpha value is -1.79. The predicted molar refractivity (Wildman–Crippen MR) is 83.9 cm³/mol. The van der Waals surface area contributed by atoms with E-state index in [-0.39, 0.29) is 24.9 Å². The van der Waals surface area contributed by atoms with E-state index < -0.39 is 5.91 Å². The van der Waals surface area contributed by atoms with Crippen LogP contribution in [0.3, 0.4) is 0 Å². The summed E-state index contributed by atoms with van der Waals surface area (Å²) in [4.78, 5) is 22.7. The number of hydrogen-bond acceptors (Lipinski definition) is 4. The van der Waals surface area contributed by atoms with Gasteiger partial charge in [-0.1, -0.05) is 19.1 Å². The number of ether oxygens (including phenoxy) is 1. The number of amides is 2. The van der Waals surface area contributed by atoms with Crippen molar-refractivity contribution in [2.45, 2.75) is 13.3 Å². The molecule has 118 valence electrons. The van der Waals surface area contributed by atoms with E-state index in [0.717, 1.165) is 13.0 Å². The lowest BCUT2D eigenvalue weighted by Crippen LogP contribution is -2.32. The minimum absolute atomic E-state index is 0. The summed E-state index contributed by atoms with van der Waals surface area (Å²) in [5.41, 5.74) is 5.41. The van der Waals surface area contributed by atoms with Crippen LogP contribution in [0.1, 0.15) is 23.7 Å². The van der Waals surface area contributed by atoms with Crippen LogP contribution in [0.25, 0.3) is 0 Å². The molecular weight excluding hydrogens is 294 g/mol. The second-order valence-electron chi connectivity index (χ2n) is 4.26. The number of hydrogen-bond donors (Lipinski definition) is 3. The molecule has 0 unspecified atom stereocenters. The summed E-state index contributed by atoms with van der Waals surface area (Å²) in [5, 5.41) is 5.98. The van der Waals surface area contributed by atoms with Crippen LogP contribution >= 0.6 is 12.4 Å². The van der Waals surface area contributed by atoms with Crippen LogP contribution in [0.2, 0.25) is 0 Å². The highest BCUT2D eigenvalue weighted by Crippen LogP contribution is 2.17. The smallest absolute Gasteiger partial charge is 0.255 e. The van der Waals surface area contributed by atoms with Crippen molar-refractivity contribution in [2.75, 3.05) is 26.2 Å². The number of carbonyl (C=O) groups excluding carboxylic acids is 2. The zero-order chi connectivity index (χ0) is 14.8. The first-order valence-corrected chi connectivity index (χ1v) is 6.64. The van der Waals surface area contributed by atoms with Gasteiger partial charge in [0.1, 0.15) is 5.75 Å². The molecule has 0 saturated heterocycles. The number of nitrogens with two attached hydrogens (primary N) is 1. The molecule has 0 aromatic heterocycles. The molecule has 21 heavy (non-hydrogen) atoms. The van der Waals surface area contributed by atoms with Crippen LogP contribution in [0.4, 0.5) is 0 Å². The summed E-state index contributed by atoms with van der Waals surface area (Å²) in [6, 6.07) is 6.75. The summed E-state index contributed by atoms with van der Waals surface area (Å²) in [6.45, 7) is 4.00. The van der Waals surface area contributed by atoms with Crippen molar-refractivity contribution in [1.82, 2.24) is 10.6 Å². The average Bonchev–Trinajstić information content (AvgIpc) is 2.45. The van der Waals surface area contributed by atoms with E-state index in [2.05, 4.69) is 17.6 Å². The van der Waals surface area contributed by atoms with Crippen molar-refractivity contribution < 1.29 is 14.3 Å². The topological polar surface area (TPSA) is 93.4 Å². The molecule has 0 spiro atoms. The fourth-order valence-electron chi connectivity index (χ4n) is 1.59. The molecule has 0 bridgehead atoms. The molecule has 0 fully saturated rings. The van der Waals surface area contributed by atoms with Crippen molar-refractivity contribution in [3.63, 3.8) is 0 Å². The van der Waals surface area contributed by atoms with Crippen LogP contribution in [-0.2, 0) is 4.79 Å². The van der Waals surface area contributed by atoms with E-state index in [9.17, 15) is 9.59 Å². The molecule has 2 amide bonds. The molecule has 1 aromatic carbocycles. The third kappa shape index (κ3) is 7.53. The van der Waals surface area contributed by atoms with Gasteiger partial charge in [-0.2, -0.15) is 0 Å². The molecule has 7 heteroatoms. The number of benzene rings is 1. The third-order valence-corrected chi connectivity index (χ3v) is 2.52. The number of nitrogens with one attached hydrogen (secondary N) is 2. The molecule has 1 rings (SSSR count). The molecule has 4 N–H and O–H groups in total. The summed E-state index contributed by atoms with van der Waals surface area (Å²) in [6.07, 6.45) is 1.05. The lowest BCUT2D eigenvalue weighted by Gasteiger charge is -2.10. The first-order valence-electron chi connectivity index (χ1n) is 6.64. The largest absolute Gasteiger partial charge is 0.483 e. The van der Waals surface area contributed by atoms with E-state index >= 15 is 0 Å². The van der Waals surface area contributed by atoms with Crippen LogP contribution in [0.15, 0.2) is 24.3 Å². The highest BCUT2D eigenvalue weighted by molar-refractivity contribution is 5.97. The van der Waals surface area contributed by atoms with E-state index in [4.69, 9.17) is 10.5 Å². The molecule has 0 aliphatic heterocycles. The Balaban J connectivity index is 0.00000400. The second-order valence-corrected chi connectivity index (χ2v) is 4.26. The van der Waals surface area contributed by atoms with E-state index in [0.29, 0.717) is 24.4 Å². The maximum absolute atomic E-state index is 12.0. The van der Waals surface area contributed by atoms with Gasteiger partial charge in [0.15, 0.2) is 6.61 Å². The molecule has 0 heterocycles. The zero-order valence-corrected chi connectivity index (χ0v) is 12.9. The van der Waals surface area contributed by atoms with Crippen molar-refractivity contribution in [3.05, 3.63) is 29.8 Å². The van der Waals surface area contributed by atoms with E-state index in [1.54, 1.807) is 24.3 Å². The quantitative estimate of drug-likeness (QED) is 0.585. The number of halogens is 1. The minimum Gasteiger partial charge on any atom is -0.483 e. The van der Waals surface area contributed by atoms with Gasteiger partial charge in [0, 0.05) is 13.1 Å². The molecule has 0 aliphatic rings. The molecule has 0 atom stereocenters. The van der Waals surface area contributed by atoms with E-state index in [1.807, 2.05) is 0 Å². The van der Waals surface area contributed by atoms with Crippen molar-refractivity contribution >= 4 is 24.2 Å². The maximum atomic E-state index is 12.0. The van der Waals surface area contributed by atoms with Gasteiger partial charge in [0.2, 0.25) is 0 Å². The monoisotopic (exact) mass is 315 g/mol. The van der Waals surface area contributed by atoms with Gasteiger partial charge in [0.25, 0.3) is 11.8 Å². The third-order valence-electron chi connectivity index (χ3n) is 2.52. The Kier molecular flexibility index (Phi) is 10.0. The van der Waals surface area contributed by atoms with Crippen molar-refractivity contribution in [2.24, 2.45) is 5.73 Å². The Morgan fingerprint density at radius 2 is 1.90 bits per heavy atom. The molecule has 1 aromatic rings. The van der Waals surface area contributed by atoms with Crippen LogP contribution in [-0.4, -0.2) is 38.1 Å². The Morgan fingerprint density at radius 3 is 2.57 bits per heavy atom. The number of primary amides is 1. The fourth-order valence-corrected chi connectivity index (χ4v) is 1.59. The highest BCUT2D eigenvalue weighted by atomic mass is 35.5. The van der Waals surface area contributed by atoms with Crippen LogP contribution < -0.4 is 21.1 Å². The maximum Gasteiger partial charge on any atom is 0.255 e. The minimum atomic E-state index is -0.580. The number of rotatable bonds is 9. The Labute approximate surface area is 130 Å². The summed E-state index contributed by atoms with van der Waals surface area (Å²) >= 11 is 0. The molecule has 6 nitrogen and oxygen atoms in total. The van der Waals surface area contributed by atoms with Gasteiger partial charge in [-0.15, -0.1) is 12.4 Å². The summed E-state index contributed by atoms with van der Waals surface area (Å²) in [7, 11) is 0. The lowest BCUT2D eigenvalue weighted by molar-refractivity contribution is -0.119. The molecule has 0 radical (unpaired) electrons. The van der Waals surface area contributed by atoms with Crippen LogP contribution in [0, 0.1) is 0 Å². The standard InChI is InChI=1S/C14H21N3O3.ClH/c1-2-7-16-8-9-17-14(19)11-5-3-4-6-12(11)20-10-13(15)18;/h3-6,16H,2,7-10H2,1H3,(H2,15,18)(H,17,19);1H. The van der Waals surface area contributed by atoms with Gasteiger partial charge < -0.3 is 21.1 Å². The number of carbonyl (C=O) groups is 2. The zero-order valence-electron chi connectivity index (χ0n) is 12.1.